The van der Waals surface area contributed by atoms with E-state index in [9.17, 15) is 4.79 Å². The van der Waals surface area contributed by atoms with Gasteiger partial charge in [0.1, 0.15) is 0 Å². The molecule has 0 N–H and O–H groups in total. The fourth-order valence-corrected chi connectivity index (χ4v) is 3.96. The fourth-order valence-electron chi connectivity index (χ4n) is 3.96. The Hall–Kier alpha value is -0.590. The van der Waals surface area contributed by atoms with E-state index in [0.29, 0.717) is 11.7 Å². The highest BCUT2D eigenvalue weighted by Crippen LogP contribution is 2.69. The lowest BCUT2D eigenvalue weighted by Crippen LogP contribution is -2.09. The molecule has 3 rings (SSSR count). The summed E-state index contributed by atoms with van der Waals surface area (Å²) in [6.45, 7) is 5.62. The van der Waals surface area contributed by atoms with Gasteiger partial charge in [0.2, 0.25) is 0 Å². The number of rotatable bonds is 2. The molecule has 70 valence electrons. The van der Waals surface area contributed by atoms with E-state index in [1.54, 1.807) is 0 Å². The smallest absolute Gasteiger partial charge is 0.161 e. The van der Waals surface area contributed by atoms with E-state index in [1.807, 2.05) is 6.92 Å². The second-order valence-electron chi connectivity index (χ2n) is 5.16. The fraction of sp³-hybridized carbons (Fsp3) is 0.750. The normalized spacial score (nSPS) is 50.4. The minimum Gasteiger partial charge on any atom is -0.294 e. The Balaban J connectivity index is 1.79. The van der Waals surface area contributed by atoms with E-state index in [2.05, 4.69) is 6.58 Å². The van der Waals surface area contributed by atoms with Crippen LogP contribution in [0.1, 0.15) is 26.2 Å². The lowest BCUT2D eigenvalue weighted by molar-refractivity contribution is -0.117. The maximum atomic E-state index is 11.7. The van der Waals surface area contributed by atoms with Crippen LogP contribution in [0.15, 0.2) is 12.2 Å². The zero-order valence-corrected chi connectivity index (χ0v) is 8.12. The number of carbonyl (C=O) groups is 1. The van der Waals surface area contributed by atoms with Crippen LogP contribution in [-0.2, 0) is 4.79 Å². The molecule has 3 saturated carbocycles. The highest BCUT2D eigenvalue weighted by Gasteiger charge is 2.67. The minimum atomic E-state index is 0.367. The summed E-state index contributed by atoms with van der Waals surface area (Å²) in [7, 11) is 0. The molecule has 1 heteroatoms. The standard InChI is InChI=1S/C12H16O/c1-6(2)12(13)11-9-7-3-4-8(5-7)10(9)11/h7-11H,1,3-5H2,2H3. The van der Waals surface area contributed by atoms with Crippen LogP contribution in [0, 0.1) is 29.6 Å². The van der Waals surface area contributed by atoms with Crippen LogP contribution >= 0.6 is 0 Å². The molecule has 0 aromatic rings. The Labute approximate surface area is 79.2 Å². The van der Waals surface area contributed by atoms with Crippen molar-refractivity contribution in [1.82, 2.24) is 0 Å². The van der Waals surface area contributed by atoms with Gasteiger partial charge in [-0.15, -0.1) is 0 Å². The first-order chi connectivity index (χ1) is 6.20. The Bertz CT molecular complexity index is 275. The van der Waals surface area contributed by atoms with Gasteiger partial charge in [0.15, 0.2) is 5.78 Å². The van der Waals surface area contributed by atoms with Gasteiger partial charge in [-0.2, -0.15) is 0 Å². The predicted molar refractivity (Wildman–Crippen MR) is 51.1 cm³/mol. The van der Waals surface area contributed by atoms with Crippen molar-refractivity contribution >= 4 is 5.78 Å². The van der Waals surface area contributed by atoms with Crippen molar-refractivity contribution in [2.75, 3.05) is 0 Å². The third-order valence-corrected chi connectivity index (χ3v) is 4.46. The first-order valence-corrected chi connectivity index (χ1v) is 5.40. The number of fused-ring (bicyclic) bond motifs is 5. The molecule has 0 aromatic heterocycles. The summed E-state index contributed by atoms with van der Waals surface area (Å²) in [4.78, 5) is 11.7. The van der Waals surface area contributed by atoms with Crippen molar-refractivity contribution in [1.29, 1.82) is 0 Å². The first-order valence-electron chi connectivity index (χ1n) is 5.40. The summed E-state index contributed by atoms with van der Waals surface area (Å²) >= 11 is 0. The SMILES string of the molecule is C=C(C)C(=O)C1C2C3CCC(C3)C12. The largest absolute Gasteiger partial charge is 0.294 e. The Kier molecular flexibility index (Phi) is 1.35. The van der Waals surface area contributed by atoms with Gasteiger partial charge < -0.3 is 0 Å². The van der Waals surface area contributed by atoms with E-state index in [4.69, 9.17) is 0 Å². The molecule has 2 bridgehead atoms. The maximum absolute atomic E-state index is 11.7. The molecule has 0 aliphatic heterocycles. The van der Waals surface area contributed by atoms with Gasteiger partial charge in [0.25, 0.3) is 0 Å². The number of carbonyl (C=O) groups excluding carboxylic acids is 1. The molecule has 0 saturated heterocycles. The van der Waals surface area contributed by atoms with Crippen molar-refractivity contribution < 1.29 is 4.79 Å². The lowest BCUT2D eigenvalue weighted by atomic mass is 9.97. The maximum Gasteiger partial charge on any atom is 0.161 e. The molecule has 13 heavy (non-hydrogen) atoms. The van der Waals surface area contributed by atoms with E-state index >= 15 is 0 Å². The molecular formula is C12H16O. The minimum absolute atomic E-state index is 0.367. The summed E-state index contributed by atoms with van der Waals surface area (Å²) in [6, 6.07) is 0. The summed E-state index contributed by atoms with van der Waals surface area (Å²) in [5.74, 6) is 4.15. The molecule has 0 heterocycles. The molecule has 4 atom stereocenters. The summed E-state index contributed by atoms with van der Waals surface area (Å²) in [5, 5.41) is 0. The molecular weight excluding hydrogens is 160 g/mol. The zero-order chi connectivity index (χ0) is 9.16. The second-order valence-corrected chi connectivity index (χ2v) is 5.16. The van der Waals surface area contributed by atoms with Crippen LogP contribution in [0.25, 0.3) is 0 Å². The molecule has 3 fully saturated rings. The molecule has 4 unspecified atom stereocenters. The van der Waals surface area contributed by atoms with Crippen molar-refractivity contribution in [3.63, 3.8) is 0 Å². The topological polar surface area (TPSA) is 17.1 Å². The van der Waals surface area contributed by atoms with Gasteiger partial charge in [-0.25, -0.2) is 0 Å². The van der Waals surface area contributed by atoms with E-state index in [-0.39, 0.29) is 0 Å². The molecule has 0 aromatic carbocycles. The third kappa shape index (κ3) is 0.853. The first kappa shape index (κ1) is 7.78. The quantitative estimate of drug-likeness (QED) is 0.590. The highest BCUT2D eigenvalue weighted by atomic mass is 16.1. The van der Waals surface area contributed by atoms with Crippen LogP contribution in [0.2, 0.25) is 0 Å². The van der Waals surface area contributed by atoms with Crippen LogP contribution in [0.5, 0.6) is 0 Å². The molecule has 0 amide bonds. The van der Waals surface area contributed by atoms with Crippen molar-refractivity contribution in [2.45, 2.75) is 26.2 Å². The Morgan fingerprint density at radius 2 is 1.77 bits per heavy atom. The van der Waals surface area contributed by atoms with Gasteiger partial charge in [0.05, 0.1) is 0 Å². The van der Waals surface area contributed by atoms with Crippen LogP contribution in [-0.4, -0.2) is 5.78 Å². The average Bonchev–Trinajstić information content (AvgIpc) is 2.52. The zero-order valence-electron chi connectivity index (χ0n) is 8.12. The number of hydrogen-bond donors (Lipinski definition) is 0. The summed E-state index contributed by atoms with van der Waals surface area (Å²) in [5.41, 5.74) is 0.777. The molecule has 3 aliphatic rings. The number of Topliss-reactive ketones (excluding diaryl/α,β-unsaturated/α-hetero) is 1. The highest BCUT2D eigenvalue weighted by molar-refractivity contribution is 5.98. The summed E-state index contributed by atoms with van der Waals surface area (Å²) in [6.07, 6.45) is 4.22. The van der Waals surface area contributed by atoms with Crippen LogP contribution in [0.3, 0.4) is 0 Å². The third-order valence-electron chi connectivity index (χ3n) is 4.46. The van der Waals surface area contributed by atoms with E-state index < -0.39 is 0 Å². The van der Waals surface area contributed by atoms with Crippen molar-refractivity contribution in [3.05, 3.63) is 12.2 Å². The van der Waals surface area contributed by atoms with Gasteiger partial charge in [-0.1, -0.05) is 6.58 Å². The van der Waals surface area contributed by atoms with Gasteiger partial charge in [-0.3, -0.25) is 4.79 Å². The van der Waals surface area contributed by atoms with Gasteiger partial charge in [0, 0.05) is 5.92 Å². The summed E-state index contributed by atoms with van der Waals surface area (Å²) < 4.78 is 0. The van der Waals surface area contributed by atoms with E-state index in [1.165, 1.54) is 19.3 Å². The average molecular weight is 176 g/mol. The van der Waals surface area contributed by atoms with E-state index in [0.717, 1.165) is 29.2 Å². The van der Waals surface area contributed by atoms with Crippen LogP contribution < -0.4 is 0 Å². The molecule has 0 spiro atoms. The number of allylic oxidation sites excluding steroid dienone is 1. The van der Waals surface area contributed by atoms with Crippen molar-refractivity contribution in [2.24, 2.45) is 29.6 Å². The molecule has 3 aliphatic carbocycles. The number of ketones is 1. The molecule has 0 radical (unpaired) electrons. The van der Waals surface area contributed by atoms with Gasteiger partial charge in [-0.05, 0) is 55.4 Å². The second kappa shape index (κ2) is 2.26. The Morgan fingerprint density at radius 1 is 1.23 bits per heavy atom. The molecule has 1 nitrogen and oxygen atoms in total. The van der Waals surface area contributed by atoms with Crippen LogP contribution in [0.4, 0.5) is 0 Å². The lowest BCUT2D eigenvalue weighted by Gasteiger charge is -2.06. The monoisotopic (exact) mass is 176 g/mol. The number of hydrogen-bond acceptors (Lipinski definition) is 1. The predicted octanol–water partition coefficient (Wildman–Crippen LogP) is 2.42. The van der Waals surface area contributed by atoms with Crippen molar-refractivity contribution in [3.8, 4) is 0 Å². The Morgan fingerprint density at radius 3 is 2.23 bits per heavy atom. The van der Waals surface area contributed by atoms with Gasteiger partial charge >= 0.3 is 0 Å².